The van der Waals surface area contributed by atoms with E-state index >= 15 is 0 Å². The second-order valence-electron chi connectivity index (χ2n) is 6.89. The third kappa shape index (κ3) is 3.86. The standard InChI is InChI=1S/C21H24N4OS/c1-2-15-8-5-6-13-25(15)19(26)14-27-21-16(9-7-12-22-21)20-23-17-10-3-4-11-18(17)24-20/h3-4,7,9-12,15H,2,5-6,8,13-14H2,1H3,(H,23,24)/t15-/m1/s1. The van der Waals surface area contributed by atoms with Gasteiger partial charge in [0.2, 0.25) is 5.91 Å². The number of imidazole rings is 1. The van der Waals surface area contributed by atoms with E-state index in [1.54, 1.807) is 6.20 Å². The Morgan fingerprint density at radius 1 is 1.26 bits per heavy atom. The van der Waals surface area contributed by atoms with Gasteiger partial charge >= 0.3 is 0 Å². The Balaban J connectivity index is 1.52. The number of amides is 1. The van der Waals surface area contributed by atoms with Crippen molar-refractivity contribution in [2.45, 2.75) is 43.7 Å². The van der Waals surface area contributed by atoms with E-state index in [1.165, 1.54) is 18.2 Å². The molecule has 2 aromatic heterocycles. The summed E-state index contributed by atoms with van der Waals surface area (Å²) in [7, 11) is 0. The highest BCUT2D eigenvalue weighted by atomic mass is 32.2. The average molecular weight is 381 g/mol. The molecule has 0 bridgehead atoms. The van der Waals surface area contributed by atoms with Crippen molar-refractivity contribution in [1.29, 1.82) is 0 Å². The monoisotopic (exact) mass is 380 g/mol. The molecule has 6 heteroatoms. The van der Waals surface area contributed by atoms with Gasteiger partial charge in [-0.2, -0.15) is 0 Å². The molecular weight excluding hydrogens is 356 g/mol. The minimum absolute atomic E-state index is 0.216. The molecule has 5 nitrogen and oxygen atoms in total. The van der Waals surface area contributed by atoms with Gasteiger partial charge in [0.15, 0.2) is 0 Å². The summed E-state index contributed by atoms with van der Waals surface area (Å²) in [5, 5.41) is 0.843. The number of rotatable bonds is 5. The summed E-state index contributed by atoms with van der Waals surface area (Å²) in [5.74, 6) is 1.43. The molecule has 1 amide bonds. The highest BCUT2D eigenvalue weighted by Crippen LogP contribution is 2.30. The van der Waals surface area contributed by atoms with E-state index in [-0.39, 0.29) is 5.91 Å². The van der Waals surface area contributed by atoms with E-state index < -0.39 is 0 Å². The van der Waals surface area contributed by atoms with Crippen LogP contribution in [0.25, 0.3) is 22.4 Å². The molecule has 0 radical (unpaired) electrons. The zero-order valence-electron chi connectivity index (χ0n) is 15.5. The van der Waals surface area contributed by atoms with Crippen molar-refractivity contribution in [3.05, 3.63) is 42.6 Å². The van der Waals surface area contributed by atoms with E-state index in [2.05, 4.69) is 26.8 Å². The lowest BCUT2D eigenvalue weighted by atomic mass is 10.0. The maximum atomic E-state index is 12.8. The Labute approximate surface area is 163 Å². The van der Waals surface area contributed by atoms with Crippen LogP contribution in [0.1, 0.15) is 32.6 Å². The molecule has 0 spiro atoms. The highest BCUT2D eigenvalue weighted by molar-refractivity contribution is 8.00. The fourth-order valence-corrected chi connectivity index (χ4v) is 4.61. The largest absolute Gasteiger partial charge is 0.339 e. The maximum absolute atomic E-state index is 12.8. The number of piperidine rings is 1. The number of carbonyl (C=O) groups is 1. The van der Waals surface area contributed by atoms with Gasteiger partial charge in [-0.1, -0.05) is 30.8 Å². The molecule has 1 aromatic carbocycles. The van der Waals surface area contributed by atoms with Crippen molar-refractivity contribution in [2.75, 3.05) is 12.3 Å². The minimum Gasteiger partial charge on any atom is -0.339 e. The molecule has 0 unspecified atom stereocenters. The van der Waals surface area contributed by atoms with E-state index in [4.69, 9.17) is 0 Å². The number of pyridine rings is 1. The molecule has 1 aliphatic rings. The van der Waals surface area contributed by atoms with Crippen LogP contribution < -0.4 is 0 Å². The number of likely N-dealkylation sites (tertiary alicyclic amines) is 1. The SMILES string of the molecule is CC[C@@H]1CCCCN1C(=O)CSc1ncccc1-c1nc2ccccc2[nH]1. The minimum atomic E-state index is 0.216. The Bertz CT molecular complexity index is 906. The van der Waals surface area contributed by atoms with Crippen molar-refractivity contribution in [2.24, 2.45) is 0 Å². The molecular formula is C21H24N4OS. The summed E-state index contributed by atoms with van der Waals surface area (Å²) >= 11 is 1.50. The topological polar surface area (TPSA) is 61.9 Å². The quantitative estimate of drug-likeness (QED) is 0.662. The van der Waals surface area contributed by atoms with Gasteiger partial charge in [0.25, 0.3) is 0 Å². The van der Waals surface area contributed by atoms with Crippen LogP contribution >= 0.6 is 11.8 Å². The van der Waals surface area contributed by atoms with Crippen LogP contribution in [-0.4, -0.2) is 44.1 Å². The number of aromatic nitrogens is 3. The van der Waals surface area contributed by atoms with Gasteiger partial charge in [-0.05, 0) is 49.9 Å². The first-order valence-electron chi connectivity index (χ1n) is 9.58. The molecule has 140 valence electrons. The number of nitrogens with one attached hydrogen (secondary N) is 1. The van der Waals surface area contributed by atoms with Gasteiger partial charge in [-0.25, -0.2) is 9.97 Å². The van der Waals surface area contributed by atoms with Gasteiger partial charge in [-0.15, -0.1) is 0 Å². The summed E-state index contributed by atoms with van der Waals surface area (Å²) in [6, 6.07) is 12.3. The molecule has 0 aliphatic carbocycles. The number of nitrogens with zero attached hydrogens (tertiary/aromatic N) is 3. The Kier molecular flexibility index (Phi) is 5.43. The molecule has 1 atom stereocenters. The van der Waals surface area contributed by atoms with Gasteiger partial charge in [0.05, 0.1) is 16.8 Å². The summed E-state index contributed by atoms with van der Waals surface area (Å²) in [6.45, 7) is 3.05. The zero-order chi connectivity index (χ0) is 18.6. The van der Waals surface area contributed by atoms with E-state index in [0.29, 0.717) is 11.8 Å². The van der Waals surface area contributed by atoms with Crippen LogP contribution in [-0.2, 0) is 4.79 Å². The van der Waals surface area contributed by atoms with Crippen molar-refractivity contribution < 1.29 is 4.79 Å². The molecule has 1 fully saturated rings. The first-order chi connectivity index (χ1) is 13.3. The van der Waals surface area contributed by atoms with Crippen LogP contribution in [0.5, 0.6) is 0 Å². The molecule has 1 saturated heterocycles. The lowest BCUT2D eigenvalue weighted by Gasteiger charge is -2.35. The highest BCUT2D eigenvalue weighted by Gasteiger charge is 2.25. The van der Waals surface area contributed by atoms with Crippen molar-refractivity contribution in [1.82, 2.24) is 19.9 Å². The predicted octanol–water partition coefficient (Wildman–Crippen LogP) is 4.51. The molecule has 1 N–H and O–H groups in total. The fourth-order valence-electron chi connectivity index (χ4n) is 3.73. The number of thioether (sulfide) groups is 1. The van der Waals surface area contributed by atoms with Gasteiger partial charge in [0, 0.05) is 24.3 Å². The number of para-hydroxylation sites is 2. The molecule has 4 rings (SSSR count). The third-order valence-electron chi connectivity index (χ3n) is 5.17. The molecule has 1 aliphatic heterocycles. The number of carbonyl (C=O) groups excluding carboxylic acids is 1. The van der Waals surface area contributed by atoms with Crippen LogP contribution in [0.2, 0.25) is 0 Å². The Morgan fingerprint density at radius 2 is 2.15 bits per heavy atom. The van der Waals surface area contributed by atoms with Crippen LogP contribution in [0, 0.1) is 0 Å². The number of hydrogen-bond acceptors (Lipinski definition) is 4. The maximum Gasteiger partial charge on any atom is 0.233 e. The average Bonchev–Trinajstić information content (AvgIpc) is 3.16. The summed E-state index contributed by atoms with van der Waals surface area (Å²) < 4.78 is 0. The van der Waals surface area contributed by atoms with E-state index in [1.807, 2.05) is 36.4 Å². The van der Waals surface area contributed by atoms with Crippen molar-refractivity contribution in [3.8, 4) is 11.4 Å². The van der Waals surface area contributed by atoms with E-state index in [0.717, 1.165) is 53.3 Å². The predicted molar refractivity (Wildman–Crippen MR) is 110 cm³/mol. The molecule has 0 saturated carbocycles. The summed E-state index contributed by atoms with van der Waals surface area (Å²) in [5.41, 5.74) is 2.88. The number of fused-ring (bicyclic) bond motifs is 1. The number of H-pyrrole nitrogens is 1. The van der Waals surface area contributed by atoms with Gasteiger partial charge in [0.1, 0.15) is 10.9 Å². The Hall–Kier alpha value is -2.34. The third-order valence-corrected chi connectivity index (χ3v) is 6.16. The second-order valence-corrected chi connectivity index (χ2v) is 7.86. The normalized spacial score (nSPS) is 17.4. The van der Waals surface area contributed by atoms with Gasteiger partial charge < -0.3 is 9.88 Å². The second kappa shape index (κ2) is 8.13. The fraction of sp³-hybridized carbons (Fsp3) is 0.381. The first-order valence-corrected chi connectivity index (χ1v) is 10.6. The van der Waals surface area contributed by atoms with Crippen LogP contribution in [0.3, 0.4) is 0 Å². The van der Waals surface area contributed by atoms with Crippen LogP contribution in [0.4, 0.5) is 0 Å². The summed E-state index contributed by atoms with van der Waals surface area (Å²) in [4.78, 5) is 27.4. The number of benzene rings is 1. The van der Waals surface area contributed by atoms with Gasteiger partial charge in [-0.3, -0.25) is 4.79 Å². The van der Waals surface area contributed by atoms with Crippen molar-refractivity contribution >= 4 is 28.7 Å². The number of aromatic amines is 1. The number of hydrogen-bond donors (Lipinski definition) is 1. The van der Waals surface area contributed by atoms with Crippen molar-refractivity contribution in [3.63, 3.8) is 0 Å². The molecule has 3 heterocycles. The van der Waals surface area contributed by atoms with Crippen LogP contribution in [0.15, 0.2) is 47.6 Å². The Morgan fingerprint density at radius 3 is 3.00 bits per heavy atom. The lowest BCUT2D eigenvalue weighted by Crippen LogP contribution is -2.44. The lowest BCUT2D eigenvalue weighted by molar-refractivity contribution is -0.132. The molecule has 27 heavy (non-hydrogen) atoms. The smallest absolute Gasteiger partial charge is 0.233 e. The molecule has 3 aromatic rings. The zero-order valence-corrected chi connectivity index (χ0v) is 16.3. The van der Waals surface area contributed by atoms with E-state index in [9.17, 15) is 4.79 Å². The summed E-state index contributed by atoms with van der Waals surface area (Å²) in [6.07, 6.45) is 6.27. The first kappa shape index (κ1) is 18.0.